The Hall–Kier alpha value is -1.59. The van der Waals surface area contributed by atoms with E-state index >= 15 is 0 Å². The van der Waals surface area contributed by atoms with E-state index < -0.39 is 0 Å². The van der Waals surface area contributed by atoms with Crippen LogP contribution >= 0.6 is 0 Å². The first kappa shape index (κ1) is 21.4. The molecule has 3 amide bonds. The van der Waals surface area contributed by atoms with Gasteiger partial charge in [0.1, 0.15) is 0 Å². The van der Waals surface area contributed by atoms with Crippen LogP contribution in [0.4, 0.5) is 0 Å². The van der Waals surface area contributed by atoms with E-state index in [0.717, 1.165) is 0 Å². The van der Waals surface area contributed by atoms with Gasteiger partial charge in [0.25, 0.3) is 0 Å². The molecule has 0 aromatic heterocycles. The zero-order chi connectivity index (χ0) is 16.4. The van der Waals surface area contributed by atoms with E-state index in [1.54, 1.807) is 0 Å². The number of nitrogens with zero attached hydrogens (tertiary/aromatic N) is 5. The molecule has 124 valence electrons. The molecule has 0 aromatic rings. The third-order valence-corrected chi connectivity index (χ3v) is 3.42. The maximum Gasteiger partial charge on any atom is 1.00 e. The summed E-state index contributed by atoms with van der Waals surface area (Å²) in [6, 6.07) is 0. The van der Waals surface area contributed by atoms with Crippen molar-refractivity contribution in [3.8, 4) is 0 Å². The molecule has 12 heteroatoms. The van der Waals surface area contributed by atoms with Gasteiger partial charge in [-0.25, -0.2) is 0 Å². The van der Waals surface area contributed by atoms with Crippen LogP contribution in [0.1, 0.15) is 0 Å². The van der Waals surface area contributed by atoms with Crippen LogP contribution in [0.25, 0.3) is 0 Å². The summed E-state index contributed by atoms with van der Waals surface area (Å²) >= 11 is 0. The van der Waals surface area contributed by atoms with Gasteiger partial charge in [-0.05, 0) is 10.3 Å². The van der Waals surface area contributed by atoms with Crippen molar-refractivity contribution in [1.82, 2.24) is 19.7 Å². The van der Waals surface area contributed by atoms with Gasteiger partial charge in [0.2, 0.25) is 19.2 Å². The maximum absolute atomic E-state index is 11.4. The smallest absolute Gasteiger partial charge is 0.665 e. The number of rotatable bonds is 4. The quantitative estimate of drug-likeness (QED) is 0.178. The summed E-state index contributed by atoms with van der Waals surface area (Å²) in [6.07, 6.45) is 1.93. The second-order valence-electron chi connectivity index (χ2n) is 4.74. The molecule has 1 aliphatic rings. The minimum absolute atomic E-state index is 0. The first-order valence-corrected chi connectivity index (χ1v) is 6.82. The molecular formula is C11H20N6NaO5+. The number of hydrazine groups is 1. The number of carbonyl (C=O) groups excluding carboxylic acids is 3. The van der Waals surface area contributed by atoms with Gasteiger partial charge in [-0.2, -0.15) is 0 Å². The van der Waals surface area contributed by atoms with Crippen molar-refractivity contribution >= 4 is 19.2 Å². The van der Waals surface area contributed by atoms with Crippen LogP contribution in [-0.4, -0.2) is 96.3 Å². The van der Waals surface area contributed by atoms with E-state index in [9.17, 15) is 24.8 Å². The minimum atomic E-state index is 0. The molecule has 0 aliphatic carbocycles. The summed E-state index contributed by atoms with van der Waals surface area (Å²) in [4.78, 5) is 37.3. The van der Waals surface area contributed by atoms with Crippen LogP contribution < -0.4 is 34.8 Å². The summed E-state index contributed by atoms with van der Waals surface area (Å²) in [5, 5.41) is 24.3. The van der Waals surface area contributed by atoms with Crippen molar-refractivity contribution in [3.63, 3.8) is 0 Å². The summed E-state index contributed by atoms with van der Waals surface area (Å²) < 4.78 is 0. The molecule has 23 heavy (non-hydrogen) atoms. The van der Waals surface area contributed by atoms with Gasteiger partial charge < -0.3 is 25.1 Å². The molecule has 0 unspecified atom stereocenters. The minimum Gasteiger partial charge on any atom is -0.665 e. The predicted molar refractivity (Wildman–Crippen MR) is 72.4 cm³/mol. The number of carbonyl (C=O) groups is 3. The monoisotopic (exact) mass is 339 g/mol. The number of hydrogen-bond acceptors (Lipinski definition) is 5. The summed E-state index contributed by atoms with van der Waals surface area (Å²) in [7, 11) is 0. The second kappa shape index (κ2) is 11.9. The molecule has 0 radical (unpaired) electrons. The van der Waals surface area contributed by atoms with Gasteiger partial charge in [0.15, 0.2) is 18.1 Å². The fraction of sp³-hybridized carbons (Fsp3) is 0.727. The summed E-state index contributed by atoms with van der Waals surface area (Å²) in [5.74, 6) is 0. The first-order chi connectivity index (χ1) is 10.6. The van der Waals surface area contributed by atoms with Crippen LogP contribution in [-0.2, 0) is 14.4 Å². The molecule has 1 fully saturated rings. The molecule has 11 nitrogen and oxygen atoms in total. The van der Waals surface area contributed by atoms with Gasteiger partial charge in [-0.1, -0.05) is 0 Å². The van der Waals surface area contributed by atoms with Gasteiger partial charge in [-0.15, -0.1) is 0 Å². The molecule has 0 atom stereocenters. The summed E-state index contributed by atoms with van der Waals surface area (Å²) in [6.45, 7) is 1.97. The Balaban J connectivity index is 0.00000484. The molecule has 1 saturated heterocycles. The third-order valence-electron chi connectivity index (χ3n) is 3.42. The van der Waals surface area contributed by atoms with Crippen molar-refractivity contribution < 1.29 is 54.2 Å². The maximum atomic E-state index is 11.4. The Bertz CT molecular complexity index is 388. The van der Waals surface area contributed by atoms with Crippen LogP contribution in [0.5, 0.6) is 0 Å². The van der Waals surface area contributed by atoms with E-state index in [4.69, 9.17) is 0 Å². The number of nitrogens with one attached hydrogen (secondary N) is 1. The SMILES string of the molecule is O=CN1CCN(C=O)CCN(/[N+]([O-])=[NH+]/[O-])CCN(C=O)CC1.[Na+]. The molecule has 0 spiro atoms. The normalized spacial score (nSPS) is 18.3. The molecule has 0 aromatic carbocycles. The first-order valence-electron chi connectivity index (χ1n) is 6.82. The van der Waals surface area contributed by atoms with E-state index in [1.807, 2.05) is 0 Å². The average Bonchev–Trinajstić information content (AvgIpc) is 2.55. The van der Waals surface area contributed by atoms with Crippen molar-refractivity contribution in [2.45, 2.75) is 0 Å². The van der Waals surface area contributed by atoms with Crippen LogP contribution in [0.15, 0.2) is 0 Å². The molecule has 0 bridgehead atoms. The predicted octanol–water partition coefficient (Wildman–Crippen LogP) is -6.86. The zero-order valence-electron chi connectivity index (χ0n) is 13.2. The Labute approximate surface area is 155 Å². The Morgan fingerprint density at radius 1 is 0.739 bits per heavy atom. The van der Waals surface area contributed by atoms with Gasteiger partial charge in [0.05, 0.1) is 13.1 Å². The van der Waals surface area contributed by atoms with Crippen molar-refractivity contribution in [3.05, 3.63) is 10.4 Å². The zero-order valence-corrected chi connectivity index (χ0v) is 15.2. The van der Waals surface area contributed by atoms with Crippen molar-refractivity contribution in [2.24, 2.45) is 0 Å². The van der Waals surface area contributed by atoms with Crippen LogP contribution in [0, 0.1) is 10.4 Å². The largest absolute Gasteiger partial charge is 1.00 e. The average molecular weight is 339 g/mol. The van der Waals surface area contributed by atoms with E-state index in [2.05, 4.69) is 0 Å². The topological polar surface area (TPSA) is 127 Å². The van der Waals surface area contributed by atoms with E-state index in [0.29, 0.717) is 45.4 Å². The van der Waals surface area contributed by atoms with Gasteiger partial charge in [-0.3, -0.25) is 14.4 Å². The standard InChI is InChI=1S/C11H20N6O5.Na/c18-9-13-1-3-14(10-19)5-7-16(17(22)12-21)8-6-15(11-20)4-2-13;/h9-12H,1-8H2;/q;+1/b17-12-;. The number of amides is 3. The molecule has 1 aliphatic heterocycles. The van der Waals surface area contributed by atoms with E-state index in [-0.39, 0.29) is 60.7 Å². The van der Waals surface area contributed by atoms with Crippen molar-refractivity contribution in [1.29, 1.82) is 0 Å². The van der Waals surface area contributed by atoms with Crippen LogP contribution in [0.2, 0.25) is 0 Å². The molecule has 1 heterocycles. The molecular weight excluding hydrogens is 319 g/mol. The van der Waals surface area contributed by atoms with Gasteiger partial charge in [0, 0.05) is 26.2 Å². The summed E-state index contributed by atoms with van der Waals surface area (Å²) in [5.41, 5.74) is 0. The van der Waals surface area contributed by atoms with Crippen molar-refractivity contribution in [2.75, 3.05) is 52.4 Å². The van der Waals surface area contributed by atoms with Gasteiger partial charge >= 0.3 is 29.6 Å². The van der Waals surface area contributed by atoms with Crippen LogP contribution in [0.3, 0.4) is 0 Å². The third kappa shape index (κ3) is 7.48. The Morgan fingerprint density at radius 2 is 1.04 bits per heavy atom. The fourth-order valence-electron chi connectivity index (χ4n) is 2.00. The second-order valence-corrected chi connectivity index (χ2v) is 4.74. The Morgan fingerprint density at radius 3 is 1.30 bits per heavy atom. The van der Waals surface area contributed by atoms with E-state index in [1.165, 1.54) is 25.0 Å². The number of hydrogen-bond donors (Lipinski definition) is 1. The molecule has 1 rings (SSSR count). The molecule has 0 saturated carbocycles. The fourth-order valence-corrected chi connectivity index (χ4v) is 2.00. The molecule has 1 N–H and O–H groups in total. The Kier molecular flexibility index (Phi) is 11.1.